The summed E-state index contributed by atoms with van der Waals surface area (Å²) in [6.45, 7) is 3.23. The summed E-state index contributed by atoms with van der Waals surface area (Å²) >= 11 is 0. The van der Waals surface area contributed by atoms with Gasteiger partial charge in [0.05, 0.1) is 5.56 Å². The molecule has 5 heteroatoms. The van der Waals surface area contributed by atoms with E-state index in [9.17, 15) is 9.18 Å². The second-order valence-corrected chi connectivity index (χ2v) is 5.34. The molecule has 1 aliphatic heterocycles. The predicted molar refractivity (Wildman–Crippen MR) is 70.5 cm³/mol. The van der Waals surface area contributed by atoms with E-state index in [0.717, 1.165) is 19.4 Å². The second-order valence-electron chi connectivity index (χ2n) is 5.34. The number of fused-ring (bicyclic) bond motifs is 2. The van der Waals surface area contributed by atoms with E-state index in [4.69, 9.17) is 0 Å². The van der Waals surface area contributed by atoms with Gasteiger partial charge in [0.1, 0.15) is 0 Å². The topological polar surface area (TPSA) is 45.2 Å². The van der Waals surface area contributed by atoms with Crippen LogP contribution in [-0.2, 0) is 0 Å². The highest BCUT2D eigenvalue weighted by Gasteiger charge is 2.41. The molecule has 1 saturated heterocycles. The molecule has 2 bridgehead atoms. The van der Waals surface area contributed by atoms with Crippen LogP contribution in [0.25, 0.3) is 0 Å². The molecule has 1 aromatic heterocycles. The molecule has 1 saturated carbocycles. The lowest BCUT2D eigenvalue weighted by molar-refractivity contribution is 0.0699. The number of anilines is 1. The number of nitrogens with zero attached hydrogens (tertiary/aromatic N) is 2. The van der Waals surface area contributed by atoms with Crippen molar-refractivity contribution < 1.29 is 9.18 Å². The zero-order chi connectivity index (χ0) is 13.4. The maximum Gasteiger partial charge on any atom is 0.257 e. The molecule has 1 N–H and O–H groups in total. The Balaban J connectivity index is 1.85. The number of nitrogens with one attached hydrogen (secondary N) is 1. The van der Waals surface area contributed by atoms with E-state index in [1.54, 1.807) is 0 Å². The molecular weight excluding hydrogens is 245 g/mol. The quantitative estimate of drug-likeness (QED) is 0.910. The van der Waals surface area contributed by atoms with Crippen LogP contribution < -0.4 is 5.32 Å². The molecular formula is C14H18FN3O. The smallest absolute Gasteiger partial charge is 0.257 e. The number of aromatic nitrogens is 1. The summed E-state index contributed by atoms with van der Waals surface area (Å²) in [5.41, 5.74) is 0.138. The van der Waals surface area contributed by atoms with Gasteiger partial charge < -0.3 is 10.2 Å². The number of piperidine rings is 1. The lowest BCUT2D eigenvalue weighted by atomic mass is 10.1. The van der Waals surface area contributed by atoms with Crippen LogP contribution in [0.4, 0.5) is 10.2 Å². The number of pyridine rings is 1. The Bertz CT molecular complexity index is 505. The summed E-state index contributed by atoms with van der Waals surface area (Å²) in [7, 11) is 0. The van der Waals surface area contributed by atoms with Crippen LogP contribution in [-0.4, -0.2) is 34.9 Å². The van der Waals surface area contributed by atoms with Crippen molar-refractivity contribution in [1.82, 2.24) is 9.88 Å². The number of carbonyl (C=O) groups is 1. The van der Waals surface area contributed by atoms with Crippen molar-refractivity contribution in [3.63, 3.8) is 0 Å². The minimum atomic E-state index is -0.530. The highest BCUT2D eigenvalue weighted by Crippen LogP contribution is 2.38. The van der Waals surface area contributed by atoms with E-state index in [1.165, 1.54) is 18.7 Å². The van der Waals surface area contributed by atoms with E-state index in [1.807, 2.05) is 11.8 Å². The van der Waals surface area contributed by atoms with Crippen LogP contribution in [0.1, 0.15) is 36.5 Å². The van der Waals surface area contributed by atoms with Crippen LogP contribution in [0.15, 0.2) is 12.3 Å². The Morgan fingerprint density at radius 3 is 3.05 bits per heavy atom. The summed E-state index contributed by atoms with van der Waals surface area (Å²) in [5, 5.41) is 2.84. The van der Waals surface area contributed by atoms with Crippen molar-refractivity contribution >= 4 is 11.7 Å². The molecule has 1 aliphatic carbocycles. The van der Waals surface area contributed by atoms with Crippen molar-refractivity contribution in [3.05, 3.63) is 23.6 Å². The number of likely N-dealkylation sites (tertiary alicyclic amines) is 1. The van der Waals surface area contributed by atoms with Gasteiger partial charge in [-0.1, -0.05) is 0 Å². The summed E-state index contributed by atoms with van der Waals surface area (Å²) < 4.78 is 14.2. The number of hydrogen-bond donors (Lipinski definition) is 1. The minimum absolute atomic E-state index is 0.138. The molecule has 3 rings (SSSR count). The molecule has 2 aliphatic rings. The third-order valence-corrected chi connectivity index (χ3v) is 4.13. The fraction of sp³-hybridized carbons (Fsp3) is 0.571. The maximum absolute atomic E-state index is 14.2. The van der Waals surface area contributed by atoms with E-state index in [-0.39, 0.29) is 17.3 Å². The number of carbonyl (C=O) groups excluding carboxylic acids is 1. The van der Waals surface area contributed by atoms with Crippen molar-refractivity contribution in [2.45, 2.75) is 32.2 Å². The summed E-state index contributed by atoms with van der Waals surface area (Å²) in [6.07, 6.45) is 4.83. The first kappa shape index (κ1) is 12.4. The molecule has 2 heterocycles. The normalized spacial score (nSPS) is 24.8. The van der Waals surface area contributed by atoms with E-state index < -0.39 is 5.82 Å². The standard InChI is InChI=1S/C14H18FN3O/c1-2-16-13-12(15)11(5-6-17-13)14(19)18-8-9-3-4-10(18)7-9/h5-6,9-10H,2-4,7-8H2,1H3,(H,16,17). The molecule has 0 aromatic carbocycles. The molecule has 2 unspecified atom stereocenters. The zero-order valence-electron chi connectivity index (χ0n) is 11.0. The van der Waals surface area contributed by atoms with Gasteiger partial charge in [0, 0.05) is 25.3 Å². The Morgan fingerprint density at radius 1 is 1.58 bits per heavy atom. The van der Waals surface area contributed by atoms with Gasteiger partial charge in [0.15, 0.2) is 11.6 Å². The molecule has 2 fully saturated rings. The van der Waals surface area contributed by atoms with Crippen LogP contribution in [0, 0.1) is 11.7 Å². The van der Waals surface area contributed by atoms with Crippen molar-refractivity contribution in [1.29, 1.82) is 0 Å². The van der Waals surface area contributed by atoms with E-state index in [0.29, 0.717) is 18.5 Å². The lowest BCUT2D eigenvalue weighted by Crippen LogP contribution is -2.38. The first-order chi connectivity index (χ1) is 9.20. The second kappa shape index (κ2) is 4.79. The molecule has 1 amide bonds. The SMILES string of the molecule is CCNc1nccc(C(=O)N2CC3CCC2C3)c1F. The molecule has 19 heavy (non-hydrogen) atoms. The summed E-state index contributed by atoms with van der Waals surface area (Å²) in [5.74, 6) is 0.0631. The zero-order valence-corrected chi connectivity index (χ0v) is 11.0. The Labute approximate surface area is 112 Å². The first-order valence-corrected chi connectivity index (χ1v) is 6.90. The van der Waals surface area contributed by atoms with Crippen LogP contribution in [0.2, 0.25) is 0 Å². The highest BCUT2D eigenvalue weighted by molar-refractivity contribution is 5.95. The van der Waals surface area contributed by atoms with Gasteiger partial charge in [-0.25, -0.2) is 9.37 Å². The van der Waals surface area contributed by atoms with Crippen LogP contribution in [0.5, 0.6) is 0 Å². The van der Waals surface area contributed by atoms with Crippen LogP contribution >= 0.6 is 0 Å². The third kappa shape index (κ3) is 2.07. The lowest BCUT2D eigenvalue weighted by Gasteiger charge is -2.27. The maximum atomic E-state index is 14.2. The van der Waals surface area contributed by atoms with E-state index in [2.05, 4.69) is 10.3 Å². The molecule has 2 atom stereocenters. The third-order valence-electron chi connectivity index (χ3n) is 4.13. The fourth-order valence-electron chi connectivity index (χ4n) is 3.23. The van der Waals surface area contributed by atoms with Crippen LogP contribution in [0.3, 0.4) is 0 Å². The van der Waals surface area contributed by atoms with E-state index >= 15 is 0 Å². The number of hydrogen-bond acceptors (Lipinski definition) is 3. The van der Waals surface area contributed by atoms with Gasteiger partial charge >= 0.3 is 0 Å². The fourth-order valence-corrected chi connectivity index (χ4v) is 3.23. The van der Waals surface area contributed by atoms with Crippen molar-refractivity contribution in [2.24, 2.45) is 5.92 Å². The predicted octanol–water partition coefficient (Wildman–Crippen LogP) is 2.28. The monoisotopic (exact) mass is 263 g/mol. The number of amides is 1. The molecule has 4 nitrogen and oxygen atoms in total. The summed E-state index contributed by atoms with van der Waals surface area (Å²) in [4.78, 5) is 18.2. The number of halogens is 1. The average Bonchev–Trinajstić information content (AvgIpc) is 3.03. The molecule has 102 valence electrons. The molecule has 0 radical (unpaired) electrons. The largest absolute Gasteiger partial charge is 0.368 e. The Hall–Kier alpha value is -1.65. The molecule has 0 spiro atoms. The minimum Gasteiger partial charge on any atom is -0.368 e. The summed E-state index contributed by atoms with van der Waals surface area (Å²) in [6, 6.07) is 1.79. The average molecular weight is 263 g/mol. The highest BCUT2D eigenvalue weighted by atomic mass is 19.1. The molecule has 1 aromatic rings. The van der Waals surface area contributed by atoms with Gasteiger partial charge in [-0.2, -0.15) is 0 Å². The first-order valence-electron chi connectivity index (χ1n) is 6.90. The Kier molecular flexibility index (Phi) is 3.12. The van der Waals surface area contributed by atoms with Gasteiger partial charge in [-0.15, -0.1) is 0 Å². The van der Waals surface area contributed by atoms with Crippen molar-refractivity contribution in [3.8, 4) is 0 Å². The van der Waals surface area contributed by atoms with Gasteiger partial charge in [0.25, 0.3) is 5.91 Å². The van der Waals surface area contributed by atoms with Gasteiger partial charge in [-0.3, -0.25) is 4.79 Å². The van der Waals surface area contributed by atoms with Gasteiger partial charge in [0.2, 0.25) is 0 Å². The van der Waals surface area contributed by atoms with Gasteiger partial charge in [-0.05, 0) is 38.2 Å². The number of rotatable bonds is 3. The Morgan fingerprint density at radius 2 is 2.42 bits per heavy atom. The van der Waals surface area contributed by atoms with Crippen molar-refractivity contribution in [2.75, 3.05) is 18.4 Å².